The van der Waals surface area contributed by atoms with Crippen LogP contribution in [0.3, 0.4) is 0 Å². The van der Waals surface area contributed by atoms with Gasteiger partial charge in [0.05, 0.1) is 25.9 Å². The summed E-state index contributed by atoms with van der Waals surface area (Å²) in [5.74, 6) is -0.971. The maximum Gasteiger partial charge on any atom is 0.328 e. The number of carboxylic acid groups (broad SMARTS) is 1. The monoisotopic (exact) mass is 280 g/mol. The van der Waals surface area contributed by atoms with E-state index in [0.29, 0.717) is 12.4 Å². The topological polar surface area (TPSA) is 102 Å². The van der Waals surface area contributed by atoms with Crippen LogP contribution < -0.4 is 10.5 Å². The number of hydrogen-bond acceptors (Lipinski definition) is 5. The molecule has 0 aliphatic carbocycles. The Hall–Kier alpha value is -2.28. The lowest BCUT2D eigenvalue weighted by atomic mass is 10.1. The first kappa shape index (κ1) is 14.1. The van der Waals surface area contributed by atoms with Crippen molar-refractivity contribution in [2.45, 2.75) is 6.04 Å². The van der Waals surface area contributed by atoms with Crippen molar-refractivity contribution in [3.8, 4) is 5.75 Å². The normalized spacial score (nSPS) is 18.6. The van der Waals surface area contributed by atoms with E-state index in [1.54, 1.807) is 6.07 Å². The molecule has 1 heterocycles. The van der Waals surface area contributed by atoms with Crippen molar-refractivity contribution >= 4 is 17.6 Å². The number of aliphatic carboxylic acids is 1. The van der Waals surface area contributed by atoms with Gasteiger partial charge in [0.2, 0.25) is 0 Å². The molecule has 1 fully saturated rings. The molecule has 1 aliphatic rings. The number of carbonyl (C=O) groups excluding carboxylic acids is 1. The average Bonchev–Trinajstić information content (AvgIpc) is 2.46. The van der Waals surface area contributed by atoms with E-state index in [1.165, 1.54) is 24.1 Å². The first-order valence-electron chi connectivity index (χ1n) is 6.09. The van der Waals surface area contributed by atoms with Crippen molar-refractivity contribution in [3.63, 3.8) is 0 Å². The van der Waals surface area contributed by atoms with Crippen molar-refractivity contribution in [2.24, 2.45) is 0 Å². The molecule has 2 rings (SSSR count). The fourth-order valence-electron chi connectivity index (χ4n) is 2.07. The van der Waals surface area contributed by atoms with Crippen molar-refractivity contribution < 1.29 is 24.2 Å². The van der Waals surface area contributed by atoms with Crippen molar-refractivity contribution in [2.75, 3.05) is 32.6 Å². The van der Waals surface area contributed by atoms with Crippen molar-refractivity contribution in [1.29, 1.82) is 0 Å². The van der Waals surface area contributed by atoms with Crippen LogP contribution in [0.25, 0.3) is 0 Å². The van der Waals surface area contributed by atoms with Gasteiger partial charge in [-0.2, -0.15) is 0 Å². The van der Waals surface area contributed by atoms with E-state index < -0.39 is 17.9 Å². The molecule has 0 radical (unpaired) electrons. The number of carbonyl (C=O) groups is 2. The van der Waals surface area contributed by atoms with Crippen LogP contribution in [-0.2, 0) is 9.53 Å². The zero-order chi connectivity index (χ0) is 14.7. The summed E-state index contributed by atoms with van der Waals surface area (Å²) in [5, 5.41) is 9.13. The van der Waals surface area contributed by atoms with Gasteiger partial charge in [0, 0.05) is 18.3 Å². The molecule has 1 amide bonds. The fraction of sp³-hybridized carbons (Fsp3) is 0.385. The summed E-state index contributed by atoms with van der Waals surface area (Å²) in [7, 11) is 1.50. The van der Waals surface area contributed by atoms with Gasteiger partial charge in [-0.25, -0.2) is 4.79 Å². The van der Waals surface area contributed by atoms with E-state index in [0.717, 1.165) is 0 Å². The molecule has 1 atom stereocenters. The predicted molar refractivity (Wildman–Crippen MR) is 70.7 cm³/mol. The number of rotatable bonds is 3. The lowest BCUT2D eigenvalue weighted by Crippen LogP contribution is -2.52. The Bertz CT molecular complexity index is 531. The highest BCUT2D eigenvalue weighted by molar-refractivity contribution is 6.01. The van der Waals surface area contributed by atoms with Crippen LogP contribution in [-0.4, -0.2) is 54.8 Å². The van der Waals surface area contributed by atoms with Crippen LogP contribution in [0.5, 0.6) is 5.75 Å². The minimum absolute atomic E-state index is 0.0167. The molecule has 108 valence electrons. The van der Waals surface area contributed by atoms with Crippen LogP contribution in [0.1, 0.15) is 10.4 Å². The number of methoxy groups -OCH3 is 1. The van der Waals surface area contributed by atoms with E-state index in [4.69, 9.17) is 20.3 Å². The Kier molecular flexibility index (Phi) is 4.09. The van der Waals surface area contributed by atoms with Gasteiger partial charge in [-0.15, -0.1) is 0 Å². The third-order valence-electron chi connectivity index (χ3n) is 3.16. The molecule has 7 heteroatoms. The van der Waals surface area contributed by atoms with E-state index in [9.17, 15) is 9.59 Å². The Morgan fingerprint density at radius 1 is 1.50 bits per heavy atom. The Labute approximate surface area is 115 Å². The van der Waals surface area contributed by atoms with Gasteiger partial charge in [-0.1, -0.05) is 0 Å². The van der Waals surface area contributed by atoms with Crippen LogP contribution >= 0.6 is 0 Å². The zero-order valence-corrected chi connectivity index (χ0v) is 11.0. The van der Waals surface area contributed by atoms with Crippen molar-refractivity contribution in [1.82, 2.24) is 4.90 Å². The summed E-state index contributed by atoms with van der Waals surface area (Å²) in [4.78, 5) is 24.8. The number of nitrogens with zero attached hydrogens (tertiary/aromatic N) is 1. The smallest absolute Gasteiger partial charge is 0.328 e. The summed E-state index contributed by atoms with van der Waals surface area (Å²) in [5.41, 5.74) is 6.34. The highest BCUT2D eigenvalue weighted by Crippen LogP contribution is 2.22. The molecule has 7 nitrogen and oxygen atoms in total. The standard InChI is InChI=1S/C13H16N2O5/c1-19-8-2-3-9(10(14)6-8)12(16)15-4-5-20-7-11(15)13(17)18/h2-3,6,11H,4-5,7,14H2,1H3,(H,17,18). The summed E-state index contributed by atoms with van der Waals surface area (Å²) in [6.07, 6.45) is 0. The second-order valence-electron chi connectivity index (χ2n) is 4.38. The summed E-state index contributed by atoms with van der Waals surface area (Å²) in [6, 6.07) is 3.69. The van der Waals surface area contributed by atoms with Gasteiger partial charge in [0.15, 0.2) is 6.04 Å². The van der Waals surface area contributed by atoms with Gasteiger partial charge < -0.3 is 25.2 Å². The first-order chi connectivity index (χ1) is 9.54. The quantitative estimate of drug-likeness (QED) is 0.767. The Morgan fingerprint density at radius 3 is 2.85 bits per heavy atom. The molecule has 1 unspecified atom stereocenters. The molecule has 1 saturated heterocycles. The molecule has 1 aromatic rings. The number of benzene rings is 1. The molecule has 20 heavy (non-hydrogen) atoms. The van der Waals surface area contributed by atoms with Gasteiger partial charge in [-0.05, 0) is 12.1 Å². The third kappa shape index (κ3) is 2.67. The van der Waals surface area contributed by atoms with Crippen molar-refractivity contribution in [3.05, 3.63) is 23.8 Å². The van der Waals surface area contributed by atoms with Crippen LogP contribution in [0.2, 0.25) is 0 Å². The van der Waals surface area contributed by atoms with Gasteiger partial charge >= 0.3 is 5.97 Å². The molecule has 0 bridgehead atoms. The second-order valence-corrected chi connectivity index (χ2v) is 4.38. The van der Waals surface area contributed by atoms with E-state index in [2.05, 4.69) is 0 Å². The molecular formula is C13H16N2O5. The maximum atomic E-state index is 12.4. The van der Waals surface area contributed by atoms with E-state index >= 15 is 0 Å². The predicted octanol–water partition coefficient (Wildman–Crippen LogP) is 0.203. The Balaban J connectivity index is 2.27. The average molecular weight is 280 g/mol. The number of amides is 1. The highest BCUT2D eigenvalue weighted by Gasteiger charge is 2.33. The molecule has 0 aromatic heterocycles. The summed E-state index contributed by atoms with van der Waals surface area (Å²) >= 11 is 0. The highest BCUT2D eigenvalue weighted by atomic mass is 16.5. The lowest BCUT2D eigenvalue weighted by Gasteiger charge is -2.33. The molecule has 0 saturated carbocycles. The zero-order valence-electron chi connectivity index (χ0n) is 11.0. The van der Waals surface area contributed by atoms with E-state index in [1.807, 2.05) is 0 Å². The molecule has 1 aliphatic heterocycles. The van der Waals surface area contributed by atoms with E-state index in [-0.39, 0.29) is 24.4 Å². The first-order valence-corrected chi connectivity index (χ1v) is 6.09. The van der Waals surface area contributed by atoms with Gasteiger partial charge in [-0.3, -0.25) is 4.79 Å². The number of ether oxygens (including phenoxy) is 2. The lowest BCUT2D eigenvalue weighted by molar-refractivity contribution is -0.147. The summed E-state index contributed by atoms with van der Waals surface area (Å²) in [6.45, 7) is 0.518. The largest absolute Gasteiger partial charge is 0.497 e. The third-order valence-corrected chi connectivity index (χ3v) is 3.16. The van der Waals surface area contributed by atoms with Gasteiger partial charge in [0.1, 0.15) is 5.75 Å². The van der Waals surface area contributed by atoms with Crippen LogP contribution in [0.15, 0.2) is 18.2 Å². The number of nitrogen functional groups attached to an aromatic ring is 1. The number of hydrogen-bond donors (Lipinski definition) is 2. The molecule has 3 N–H and O–H groups in total. The number of anilines is 1. The maximum absolute atomic E-state index is 12.4. The fourth-order valence-corrected chi connectivity index (χ4v) is 2.07. The number of morpholine rings is 1. The molecule has 1 aromatic carbocycles. The molecular weight excluding hydrogens is 264 g/mol. The summed E-state index contributed by atoms with van der Waals surface area (Å²) < 4.78 is 10.1. The minimum Gasteiger partial charge on any atom is -0.497 e. The second kappa shape index (κ2) is 5.79. The van der Waals surface area contributed by atoms with Crippen LogP contribution in [0.4, 0.5) is 5.69 Å². The molecule has 0 spiro atoms. The van der Waals surface area contributed by atoms with Gasteiger partial charge in [0.25, 0.3) is 5.91 Å². The Morgan fingerprint density at radius 2 is 2.25 bits per heavy atom. The van der Waals surface area contributed by atoms with Crippen LogP contribution in [0, 0.1) is 0 Å². The number of carboxylic acids is 1. The number of nitrogens with two attached hydrogens (primary N) is 1. The minimum atomic E-state index is -1.09. The SMILES string of the molecule is COc1ccc(C(=O)N2CCOCC2C(=O)O)c(N)c1.